The first-order valence-electron chi connectivity index (χ1n) is 7.85. The first-order chi connectivity index (χ1) is 11.0. The molecule has 0 fully saturated rings. The molecule has 6 heteroatoms. The maximum Gasteiger partial charge on any atom is 0.203 e. The Morgan fingerprint density at radius 1 is 1.13 bits per heavy atom. The van der Waals surface area contributed by atoms with Crippen molar-refractivity contribution >= 4 is 5.96 Å². The molecule has 130 valence electrons. The Labute approximate surface area is 139 Å². The van der Waals surface area contributed by atoms with Crippen LogP contribution in [0, 0.1) is 5.92 Å². The fourth-order valence-corrected chi connectivity index (χ4v) is 2.18. The molecule has 0 unspecified atom stereocenters. The third kappa shape index (κ3) is 5.88. The summed E-state index contributed by atoms with van der Waals surface area (Å²) in [5, 5.41) is 3.12. The zero-order valence-electron chi connectivity index (χ0n) is 14.8. The van der Waals surface area contributed by atoms with Crippen molar-refractivity contribution in [2.75, 3.05) is 34.4 Å². The molecule has 0 heterocycles. The van der Waals surface area contributed by atoms with Crippen molar-refractivity contribution in [3.63, 3.8) is 0 Å². The highest BCUT2D eigenvalue weighted by molar-refractivity contribution is 5.77. The molecule has 0 bridgehead atoms. The van der Waals surface area contributed by atoms with Crippen LogP contribution < -0.4 is 25.3 Å². The molecule has 0 aliphatic carbocycles. The number of nitrogens with one attached hydrogen (secondary N) is 1. The first kappa shape index (κ1) is 18.9. The van der Waals surface area contributed by atoms with Crippen LogP contribution in [0.5, 0.6) is 17.2 Å². The topological polar surface area (TPSA) is 78.1 Å². The summed E-state index contributed by atoms with van der Waals surface area (Å²) >= 11 is 0. The summed E-state index contributed by atoms with van der Waals surface area (Å²) in [5.74, 6) is 3.04. The van der Waals surface area contributed by atoms with Gasteiger partial charge in [-0.15, -0.1) is 0 Å². The molecule has 0 aliphatic rings. The predicted molar refractivity (Wildman–Crippen MR) is 93.7 cm³/mol. The molecule has 1 aromatic carbocycles. The summed E-state index contributed by atoms with van der Waals surface area (Å²) in [6.45, 7) is 5.75. The summed E-state index contributed by atoms with van der Waals surface area (Å²) < 4.78 is 16.1. The van der Waals surface area contributed by atoms with Gasteiger partial charge in [-0.1, -0.05) is 19.9 Å². The maximum atomic E-state index is 5.86. The van der Waals surface area contributed by atoms with Crippen LogP contribution in [-0.2, 0) is 6.42 Å². The predicted octanol–water partition coefficient (Wildman–Crippen LogP) is 2.21. The average Bonchev–Trinajstić information content (AvgIpc) is 2.53. The van der Waals surface area contributed by atoms with Gasteiger partial charge in [0.05, 0.1) is 21.3 Å². The van der Waals surface area contributed by atoms with E-state index >= 15 is 0 Å². The number of methoxy groups -OCH3 is 3. The smallest absolute Gasteiger partial charge is 0.203 e. The lowest BCUT2D eigenvalue weighted by Crippen LogP contribution is -2.33. The highest BCUT2D eigenvalue weighted by atomic mass is 16.5. The molecule has 0 aliphatic heterocycles. The van der Waals surface area contributed by atoms with E-state index in [9.17, 15) is 0 Å². The summed E-state index contributed by atoms with van der Waals surface area (Å²) in [6.07, 6.45) is 1.77. The number of nitrogens with two attached hydrogens (primary N) is 1. The lowest BCUT2D eigenvalue weighted by molar-refractivity contribution is 0.322. The minimum atomic E-state index is 0.477. The summed E-state index contributed by atoms with van der Waals surface area (Å²) in [4.78, 5) is 4.31. The van der Waals surface area contributed by atoms with Crippen LogP contribution in [-0.4, -0.2) is 40.4 Å². The van der Waals surface area contributed by atoms with Crippen molar-refractivity contribution < 1.29 is 14.2 Å². The number of nitrogens with zero attached hydrogens (tertiary/aromatic N) is 1. The molecular weight excluding hydrogens is 294 g/mol. The largest absolute Gasteiger partial charge is 0.493 e. The lowest BCUT2D eigenvalue weighted by atomic mass is 10.1. The van der Waals surface area contributed by atoms with E-state index in [4.69, 9.17) is 19.9 Å². The van der Waals surface area contributed by atoms with Gasteiger partial charge >= 0.3 is 0 Å². The molecule has 0 aromatic heterocycles. The number of aliphatic imine (C=N–C) groups is 1. The van der Waals surface area contributed by atoms with Crippen LogP contribution in [0.3, 0.4) is 0 Å². The number of rotatable bonds is 9. The van der Waals surface area contributed by atoms with Crippen molar-refractivity contribution in [2.45, 2.75) is 26.7 Å². The molecular formula is C17H29N3O3. The molecule has 0 saturated heterocycles. The molecule has 0 spiro atoms. The van der Waals surface area contributed by atoms with Gasteiger partial charge in [0.15, 0.2) is 17.5 Å². The Morgan fingerprint density at radius 2 is 1.83 bits per heavy atom. The average molecular weight is 323 g/mol. The zero-order valence-corrected chi connectivity index (χ0v) is 14.8. The van der Waals surface area contributed by atoms with Crippen LogP contribution in [0.1, 0.15) is 25.8 Å². The maximum absolute atomic E-state index is 5.86. The molecule has 1 aromatic rings. The van der Waals surface area contributed by atoms with Gasteiger partial charge in [0, 0.05) is 18.7 Å². The van der Waals surface area contributed by atoms with Crippen molar-refractivity contribution in [3.8, 4) is 17.2 Å². The Bertz CT molecular complexity index is 516. The molecule has 23 heavy (non-hydrogen) atoms. The number of ether oxygens (including phenoxy) is 3. The molecule has 0 atom stereocenters. The Morgan fingerprint density at radius 3 is 2.39 bits per heavy atom. The number of benzene rings is 1. The normalized spacial score (nSPS) is 11.5. The fraction of sp³-hybridized carbons (Fsp3) is 0.588. The molecule has 1 rings (SSSR count). The summed E-state index contributed by atoms with van der Waals surface area (Å²) in [7, 11) is 4.82. The van der Waals surface area contributed by atoms with Crippen molar-refractivity contribution in [1.29, 1.82) is 0 Å². The second-order valence-corrected chi connectivity index (χ2v) is 5.62. The van der Waals surface area contributed by atoms with Crippen molar-refractivity contribution in [2.24, 2.45) is 16.6 Å². The van der Waals surface area contributed by atoms with E-state index in [1.165, 1.54) is 0 Å². The summed E-state index contributed by atoms with van der Waals surface area (Å²) in [6, 6.07) is 3.84. The van der Waals surface area contributed by atoms with Gasteiger partial charge in [-0.25, -0.2) is 0 Å². The minimum Gasteiger partial charge on any atom is -0.493 e. The highest BCUT2D eigenvalue weighted by Crippen LogP contribution is 2.39. The van der Waals surface area contributed by atoms with Gasteiger partial charge < -0.3 is 25.3 Å². The number of hydrogen-bond donors (Lipinski definition) is 2. The van der Waals surface area contributed by atoms with Crippen LogP contribution >= 0.6 is 0 Å². The highest BCUT2D eigenvalue weighted by Gasteiger charge is 2.15. The number of guanidine groups is 1. The van der Waals surface area contributed by atoms with Crippen LogP contribution in [0.25, 0.3) is 0 Å². The van der Waals surface area contributed by atoms with Crippen LogP contribution in [0.4, 0.5) is 0 Å². The molecule has 0 amide bonds. The van der Waals surface area contributed by atoms with Gasteiger partial charge in [0.1, 0.15) is 0 Å². The molecule has 3 N–H and O–H groups in total. The van der Waals surface area contributed by atoms with E-state index in [1.807, 2.05) is 12.1 Å². The van der Waals surface area contributed by atoms with E-state index in [-0.39, 0.29) is 0 Å². The molecule has 0 saturated carbocycles. The minimum absolute atomic E-state index is 0.477. The quantitative estimate of drug-likeness (QED) is 0.538. The zero-order chi connectivity index (χ0) is 17.2. The van der Waals surface area contributed by atoms with Gasteiger partial charge in [-0.05, 0) is 24.8 Å². The van der Waals surface area contributed by atoms with Crippen molar-refractivity contribution in [3.05, 3.63) is 17.7 Å². The van der Waals surface area contributed by atoms with Gasteiger partial charge in [0.2, 0.25) is 5.75 Å². The SMILES string of the molecule is COc1ccc(CCNC(N)=NCCC(C)C)c(OC)c1OC. The van der Waals surface area contributed by atoms with Crippen molar-refractivity contribution in [1.82, 2.24) is 5.32 Å². The van der Waals surface area contributed by atoms with E-state index in [1.54, 1.807) is 21.3 Å². The van der Waals surface area contributed by atoms with Gasteiger partial charge in [-0.2, -0.15) is 0 Å². The summed E-state index contributed by atoms with van der Waals surface area (Å²) in [5.41, 5.74) is 6.88. The third-order valence-corrected chi connectivity index (χ3v) is 3.47. The lowest BCUT2D eigenvalue weighted by Gasteiger charge is -2.16. The van der Waals surface area contributed by atoms with E-state index < -0.39 is 0 Å². The monoisotopic (exact) mass is 323 g/mol. The van der Waals surface area contributed by atoms with Crippen LogP contribution in [0.15, 0.2) is 17.1 Å². The fourth-order valence-electron chi connectivity index (χ4n) is 2.18. The Hall–Kier alpha value is -2.11. The van der Waals surface area contributed by atoms with E-state index in [2.05, 4.69) is 24.2 Å². The third-order valence-electron chi connectivity index (χ3n) is 3.47. The molecule has 6 nitrogen and oxygen atoms in total. The standard InChI is InChI=1S/C17H29N3O3/c1-12(2)8-10-19-17(18)20-11-9-13-6-7-14(21-3)16(23-5)15(13)22-4/h6-7,12H,8-11H2,1-5H3,(H3,18,19,20). The second-order valence-electron chi connectivity index (χ2n) is 5.62. The first-order valence-corrected chi connectivity index (χ1v) is 7.85. The van der Waals surface area contributed by atoms with Gasteiger partial charge in [0.25, 0.3) is 0 Å². The number of hydrogen-bond acceptors (Lipinski definition) is 4. The van der Waals surface area contributed by atoms with Crippen LogP contribution in [0.2, 0.25) is 0 Å². The van der Waals surface area contributed by atoms with E-state index in [0.717, 1.165) is 24.9 Å². The Balaban J connectivity index is 2.64. The Kier molecular flexibility index (Phi) is 8.08. The molecule has 0 radical (unpaired) electrons. The van der Waals surface area contributed by atoms with E-state index in [0.29, 0.717) is 35.7 Å². The van der Waals surface area contributed by atoms with Gasteiger partial charge in [-0.3, -0.25) is 4.99 Å². The second kappa shape index (κ2) is 9.82.